The van der Waals surface area contributed by atoms with Crippen molar-refractivity contribution in [3.8, 4) is 56.5 Å². The Morgan fingerprint density at radius 2 is 1.02 bits per heavy atom. The number of benzene rings is 7. The van der Waals surface area contributed by atoms with Crippen molar-refractivity contribution in [2.45, 2.75) is 19.3 Å². The molecule has 1 aliphatic rings. The molecule has 0 fully saturated rings. The minimum absolute atomic E-state index is 0.0672. The third-order valence-corrected chi connectivity index (χ3v) is 10.5. The van der Waals surface area contributed by atoms with E-state index in [1.807, 2.05) is 66.9 Å². The molecule has 0 saturated heterocycles. The number of nitrogens with zero attached hydrogens (tertiary/aromatic N) is 4. The van der Waals surface area contributed by atoms with Crippen molar-refractivity contribution in [1.82, 2.24) is 19.9 Å². The summed E-state index contributed by atoms with van der Waals surface area (Å²) >= 11 is 0. The highest BCUT2D eigenvalue weighted by atomic mass is 15.0. The summed E-state index contributed by atoms with van der Waals surface area (Å²) in [5.41, 5.74) is 10.1. The molecule has 0 N–H and O–H groups in total. The number of fused-ring (bicyclic) bond motifs is 9. The molecule has 4 heteroatoms. The second kappa shape index (κ2) is 11.3. The average molecular weight is 653 g/mol. The number of pyridine rings is 1. The van der Waals surface area contributed by atoms with Crippen LogP contribution >= 0.6 is 0 Å². The molecule has 9 aromatic rings. The maximum absolute atomic E-state index is 4.92. The molecule has 0 spiro atoms. The topological polar surface area (TPSA) is 51.6 Å². The Morgan fingerprint density at radius 1 is 0.431 bits per heavy atom. The number of aromatic nitrogens is 4. The Hall–Kier alpha value is -6.52. The first-order valence-electron chi connectivity index (χ1n) is 17.4. The van der Waals surface area contributed by atoms with E-state index in [4.69, 9.17) is 19.9 Å². The molecule has 7 aromatic carbocycles. The van der Waals surface area contributed by atoms with Gasteiger partial charge in [0.1, 0.15) is 0 Å². The van der Waals surface area contributed by atoms with Gasteiger partial charge in [-0.2, -0.15) is 0 Å². The van der Waals surface area contributed by atoms with Crippen molar-refractivity contribution in [2.75, 3.05) is 0 Å². The van der Waals surface area contributed by atoms with E-state index >= 15 is 0 Å². The van der Waals surface area contributed by atoms with Gasteiger partial charge in [-0.05, 0) is 72.8 Å². The smallest absolute Gasteiger partial charge is 0.165 e. The molecule has 2 heterocycles. The maximum atomic E-state index is 4.92. The monoisotopic (exact) mass is 652 g/mol. The first kappa shape index (κ1) is 29.4. The molecule has 4 nitrogen and oxygen atoms in total. The summed E-state index contributed by atoms with van der Waals surface area (Å²) in [4.78, 5) is 19.5. The molecular weight excluding hydrogens is 621 g/mol. The Kier molecular flexibility index (Phi) is 6.49. The van der Waals surface area contributed by atoms with Gasteiger partial charge in [0.2, 0.25) is 0 Å². The van der Waals surface area contributed by atoms with Crippen LogP contribution in [0.2, 0.25) is 0 Å². The molecule has 0 unspecified atom stereocenters. The van der Waals surface area contributed by atoms with Crippen LogP contribution in [-0.4, -0.2) is 19.9 Å². The highest BCUT2D eigenvalue weighted by Gasteiger charge is 2.36. The lowest BCUT2D eigenvalue weighted by Gasteiger charge is -2.23. The van der Waals surface area contributed by atoms with Crippen molar-refractivity contribution in [3.63, 3.8) is 0 Å². The minimum Gasteiger partial charge on any atom is -0.255 e. The molecular formula is C47H32N4. The molecule has 0 amide bonds. The molecule has 51 heavy (non-hydrogen) atoms. The third kappa shape index (κ3) is 4.68. The van der Waals surface area contributed by atoms with E-state index in [1.165, 1.54) is 54.6 Å². The normalized spacial score (nSPS) is 13.1. The second-order valence-electron chi connectivity index (χ2n) is 13.9. The summed E-state index contributed by atoms with van der Waals surface area (Å²) in [5, 5.41) is 7.63. The fourth-order valence-corrected chi connectivity index (χ4v) is 8.06. The predicted molar refractivity (Wildman–Crippen MR) is 209 cm³/mol. The van der Waals surface area contributed by atoms with E-state index < -0.39 is 0 Å². The molecule has 1 aliphatic carbocycles. The number of hydrogen-bond donors (Lipinski definition) is 0. The zero-order valence-corrected chi connectivity index (χ0v) is 28.3. The van der Waals surface area contributed by atoms with E-state index in [1.54, 1.807) is 0 Å². The lowest BCUT2D eigenvalue weighted by molar-refractivity contribution is 0.666. The number of hydrogen-bond acceptors (Lipinski definition) is 4. The van der Waals surface area contributed by atoms with Gasteiger partial charge >= 0.3 is 0 Å². The van der Waals surface area contributed by atoms with Gasteiger partial charge < -0.3 is 0 Å². The van der Waals surface area contributed by atoms with Gasteiger partial charge in [-0.3, -0.25) is 4.98 Å². The van der Waals surface area contributed by atoms with E-state index in [9.17, 15) is 0 Å². The molecule has 0 bridgehead atoms. The van der Waals surface area contributed by atoms with Gasteiger partial charge in [-0.1, -0.05) is 147 Å². The average Bonchev–Trinajstić information content (AvgIpc) is 3.44. The summed E-state index contributed by atoms with van der Waals surface area (Å²) in [6, 6.07) is 53.5. The van der Waals surface area contributed by atoms with Gasteiger partial charge in [0.15, 0.2) is 17.5 Å². The van der Waals surface area contributed by atoms with Gasteiger partial charge in [-0.15, -0.1) is 0 Å². The zero-order valence-electron chi connectivity index (χ0n) is 28.3. The van der Waals surface area contributed by atoms with Crippen molar-refractivity contribution >= 4 is 32.3 Å². The van der Waals surface area contributed by atoms with Crippen LogP contribution in [0.25, 0.3) is 88.9 Å². The van der Waals surface area contributed by atoms with E-state index in [0.29, 0.717) is 17.5 Å². The fraction of sp³-hybridized carbons (Fsp3) is 0.0638. The van der Waals surface area contributed by atoms with Gasteiger partial charge in [-0.25, -0.2) is 15.0 Å². The summed E-state index contributed by atoms with van der Waals surface area (Å²) in [5.74, 6) is 1.86. The lowest BCUT2D eigenvalue weighted by Crippen LogP contribution is -2.15. The van der Waals surface area contributed by atoms with E-state index in [2.05, 4.69) is 105 Å². The standard InChI is InChI=1S/C47H32N4/c1-47(2)40-16-10-9-15-36(40)38-25-24-37-39(43(38)47)23-19-29-17-18-32-27-33(20-22-35(32)42(29)37)41-26-21-34(28-48-41)46-50-44(30-11-5-3-6-12-30)49-45(51-46)31-13-7-4-8-14-31/h3-28H,1-2H3. The quantitative estimate of drug-likeness (QED) is 0.178. The molecule has 10 rings (SSSR count). The molecule has 0 radical (unpaired) electrons. The van der Waals surface area contributed by atoms with Crippen LogP contribution in [0.15, 0.2) is 158 Å². The molecule has 240 valence electrons. The third-order valence-electron chi connectivity index (χ3n) is 10.5. The lowest BCUT2D eigenvalue weighted by atomic mass is 9.79. The fourth-order valence-electron chi connectivity index (χ4n) is 8.06. The van der Waals surface area contributed by atoms with Crippen LogP contribution < -0.4 is 0 Å². The summed E-state index contributed by atoms with van der Waals surface area (Å²) in [7, 11) is 0. The van der Waals surface area contributed by atoms with Crippen molar-refractivity contribution in [1.29, 1.82) is 0 Å². The van der Waals surface area contributed by atoms with Crippen molar-refractivity contribution in [2.24, 2.45) is 0 Å². The first-order chi connectivity index (χ1) is 25.0. The van der Waals surface area contributed by atoms with Crippen LogP contribution in [0, 0.1) is 0 Å². The summed E-state index contributed by atoms with van der Waals surface area (Å²) < 4.78 is 0. The largest absolute Gasteiger partial charge is 0.255 e. The summed E-state index contributed by atoms with van der Waals surface area (Å²) in [6.07, 6.45) is 1.87. The van der Waals surface area contributed by atoms with Gasteiger partial charge in [0.05, 0.1) is 5.69 Å². The Balaban J connectivity index is 1.05. The molecule has 0 atom stereocenters. The highest BCUT2D eigenvalue weighted by Crippen LogP contribution is 2.52. The number of rotatable bonds is 4. The van der Waals surface area contributed by atoms with Crippen molar-refractivity contribution in [3.05, 3.63) is 169 Å². The highest BCUT2D eigenvalue weighted by molar-refractivity contribution is 6.22. The van der Waals surface area contributed by atoms with Crippen molar-refractivity contribution < 1.29 is 0 Å². The molecule has 0 aliphatic heterocycles. The van der Waals surface area contributed by atoms with Gasteiger partial charge in [0.25, 0.3) is 0 Å². The van der Waals surface area contributed by atoms with Crippen LogP contribution in [0.4, 0.5) is 0 Å². The Bertz CT molecular complexity index is 2750. The Morgan fingerprint density at radius 3 is 1.73 bits per heavy atom. The molecule has 2 aromatic heterocycles. The first-order valence-corrected chi connectivity index (χ1v) is 17.4. The zero-order chi connectivity index (χ0) is 34.1. The van der Waals surface area contributed by atoms with E-state index in [0.717, 1.165) is 27.9 Å². The van der Waals surface area contributed by atoms with Crippen LogP contribution in [0.1, 0.15) is 25.0 Å². The Labute approximate surface area is 296 Å². The second-order valence-corrected chi connectivity index (χ2v) is 13.9. The minimum atomic E-state index is -0.0672. The van der Waals surface area contributed by atoms with Gasteiger partial charge in [0, 0.05) is 33.9 Å². The molecule has 0 saturated carbocycles. The summed E-state index contributed by atoms with van der Waals surface area (Å²) in [6.45, 7) is 4.72. The van der Waals surface area contributed by atoms with Crippen LogP contribution in [0.5, 0.6) is 0 Å². The SMILES string of the molecule is CC1(C)c2ccccc2-c2ccc3c(ccc4ccc5cc(-c6ccc(-c7nc(-c8ccccc8)nc(-c8ccccc8)n7)cn6)ccc5c43)c21. The maximum Gasteiger partial charge on any atom is 0.165 e. The predicted octanol–water partition coefficient (Wildman–Crippen LogP) is 11.7. The van der Waals surface area contributed by atoms with Crippen LogP contribution in [-0.2, 0) is 5.41 Å². The van der Waals surface area contributed by atoms with Crippen LogP contribution in [0.3, 0.4) is 0 Å². The van der Waals surface area contributed by atoms with E-state index in [-0.39, 0.29) is 5.41 Å².